The van der Waals surface area contributed by atoms with Crippen LogP contribution in [0.3, 0.4) is 0 Å². The summed E-state index contributed by atoms with van der Waals surface area (Å²) >= 11 is 1.62. The number of urea groups is 1. The highest BCUT2D eigenvalue weighted by molar-refractivity contribution is 7.14. The molecule has 0 spiro atoms. The van der Waals surface area contributed by atoms with E-state index in [1.165, 1.54) is 4.88 Å². The Morgan fingerprint density at radius 1 is 1.30 bits per heavy atom. The molecule has 6 heteroatoms. The number of likely N-dealkylation sites (tertiary alicyclic amines) is 1. The van der Waals surface area contributed by atoms with Crippen molar-refractivity contribution in [3.05, 3.63) is 21.9 Å². The van der Waals surface area contributed by atoms with Crippen LogP contribution in [0.4, 0.5) is 4.79 Å². The van der Waals surface area contributed by atoms with Crippen molar-refractivity contribution in [3.63, 3.8) is 0 Å². The van der Waals surface area contributed by atoms with E-state index in [9.17, 15) is 9.59 Å². The lowest BCUT2D eigenvalue weighted by Crippen LogP contribution is -2.47. The Hall–Kier alpha value is -1.56. The maximum absolute atomic E-state index is 12.6. The number of amides is 3. The third-order valence-electron chi connectivity index (χ3n) is 4.56. The van der Waals surface area contributed by atoms with Crippen molar-refractivity contribution in [1.29, 1.82) is 0 Å². The summed E-state index contributed by atoms with van der Waals surface area (Å²) in [6.07, 6.45) is 2.79. The molecule has 1 aromatic rings. The van der Waals surface area contributed by atoms with Crippen LogP contribution in [0.25, 0.3) is 0 Å². The SMILES string of the molecule is CC(C)Cc1ccc(C(=O)N2CCC(N3CCNC3=O)CC2)s1. The Morgan fingerprint density at radius 3 is 2.65 bits per heavy atom. The molecule has 3 rings (SSSR count). The first-order chi connectivity index (χ1) is 11.0. The molecule has 2 aliphatic rings. The molecular weight excluding hydrogens is 310 g/mol. The lowest BCUT2D eigenvalue weighted by molar-refractivity contribution is 0.0671. The van der Waals surface area contributed by atoms with E-state index in [-0.39, 0.29) is 18.0 Å². The van der Waals surface area contributed by atoms with Gasteiger partial charge in [-0.25, -0.2) is 4.79 Å². The Bertz CT molecular complexity index is 576. The fourth-order valence-electron chi connectivity index (χ4n) is 3.38. The van der Waals surface area contributed by atoms with Crippen LogP contribution in [0.15, 0.2) is 12.1 Å². The van der Waals surface area contributed by atoms with Gasteiger partial charge in [-0.3, -0.25) is 4.79 Å². The zero-order valence-electron chi connectivity index (χ0n) is 13.9. The molecule has 2 saturated heterocycles. The molecule has 23 heavy (non-hydrogen) atoms. The number of piperidine rings is 1. The molecule has 0 radical (unpaired) electrons. The molecule has 2 fully saturated rings. The molecule has 0 atom stereocenters. The first-order valence-corrected chi connectivity index (χ1v) is 9.28. The number of thiophene rings is 1. The van der Waals surface area contributed by atoms with Gasteiger partial charge in [0.1, 0.15) is 0 Å². The van der Waals surface area contributed by atoms with E-state index in [1.54, 1.807) is 11.3 Å². The van der Waals surface area contributed by atoms with E-state index in [0.717, 1.165) is 50.3 Å². The minimum absolute atomic E-state index is 0.0476. The summed E-state index contributed by atoms with van der Waals surface area (Å²) in [6.45, 7) is 7.41. The van der Waals surface area contributed by atoms with Crippen LogP contribution in [0.5, 0.6) is 0 Å². The summed E-state index contributed by atoms with van der Waals surface area (Å²) in [4.78, 5) is 30.4. The summed E-state index contributed by atoms with van der Waals surface area (Å²) < 4.78 is 0. The predicted octanol–water partition coefficient (Wildman–Crippen LogP) is 2.58. The quantitative estimate of drug-likeness (QED) is 0.919. The van der Waals surface area contributed by atoms with Crippen molar-refractivity contribution in [3.8, 4) is 0 Å². The Morgan fingerprint density at radius 2 is 2.04 bits per heavy atom. The van der Waals surface area contributed by atoms with Gasteiger partial charge in [-0.05, 0) is 37.3 Å². The van der Waals surface area contributed by atoms with Gasteiger partial charge in [-0.1, -0.05) is 13.8 Å². The molecule has 1 N–H and O–H groups in total. The van der Waals surface area contributed by atoms with Gasteiger partial charge < -0.3 is 15.1 Å². The molecule has 0 bridgehead atoms. The average Bonchev–Trinajstić information content (AvgIpc) is 3.15. The number of carbonyl (C=O) groups is 2. The van der Waals surface area contributed by atoms with E-state index in [4.69, 9.17) is 0 Å². The second kappa shape index (κ2) is 6.91. The molecule has 1 aromatic heterocycles. The van der Waals surface area contributed by atoms with E-state index >= 15 is 0 Å². The highest BCUT2D eigenvalue weighted by atomic mass is 32.1. The average molecular weight is 335 g/mol. The number of hydrogen-bond acceptors (Lipinski definition) is 3. The molecule has 0 aliphatic carbocycles. The van der Waals surface area contributed by atoms with Crippen LogP contribution in [0, 0.1) is 5.92 Å². The van der Waals surface area contributed by atoms with Gasteiger partial charge in [0.15, 0.2) is 0 Å². The molecule has 0 saturated carbocycles. The zero-order valence-corrected chi connectivity index (χ0v) is 14.7. The van der Waals surface area contributed by atoms with Gasteiger partial charge in [0.2, 0.25) is 0 Å². The summed E-state index contributed by atoms with van der Waals surface area (Å²) in [5, 5.41) is 2.85. The van der Waals surface area contributed by atoms with E-state index in [0.29, 0.717) is 5.92 Å². The Labute approximate surface area is 141 Å². The minimum atomic E-state index is 0.0476. The van der Waals surface area contributed by atoms with E-state index in [2.05, 4.69) is 25.2 Å². The van der Waals surface area contributed by atoms with Crippen molar-refractivity contribution in [1.82, 2.24) is 15.1 Å². The smallest absolute Gasteiger partial charge is 0.317 e. The topological polar surface area (TPSA) is 52.7 Å². The molecule has 0 unspecified atom stereocenters. The fourth-order valence-corrected chi connectivity index (χ4v) is 4.56. The normalized spacial score (nSPS) is 19.5. The van der Waals surface area contributed by atoms with Crippen molar-refractivity contribution in [2.45, 2.75) is 39.2 Å². The molecule has 5 nitrogen and oxygen atoms in total. The van der Waals surface area contributed by atoms with Gasteiger partial charge in [-0.15, -0.1) is 11.3 Å². The number of nitrogens with zero attached hydrogens (tertiary/aromatic N) is 2. The third kappa shape index (κ3) is 3.68. The monoisotopic (exact) mass is 335 g/mol. The summed E-state index contributed by atoms with van der Waals surface area (Å²) in [5.74, 6) is 0.758. The van der Waals surface area contributed by atoms with Gasteiger partial charge in [0.25, 0.3) is 5.91 Å². The van der Waals surface area contributed by atoms with Crippen LogP contribution in [-0.2, 0) is 6.42 Å². The van der Waals surface area contributed by atoms with E-state index < -0.39 is 0 Å². The summed E-state index contributed by atoms with van der Waals surface area (Å²) in [7, 11) is 0. The lowest BCUT2D eigenvalue weighted by Gasteiger charge is -2.36. The molecule has 2 aliphatic heterocycles. The second-order valence-corrected chi connectivity index (χ2v) is 7.98. The number of carbonyl (C=O) groups excluding carboxylic acids is 2. The largest absolute Gasteiger partial charge is 0.338 e. The predicted molar refractivity (Wildman–Crippen MR) is 91.9 cm³/mol. The van der Waals surface area contributed by atoms with E-state index in [1.807, 2.05) is 15.9 Å². The maximum Gasteiger partial charge on any atom is 0.317 e. The van der Waals surface area contributed by atoms with Crippen LogP contribution < -0.4 is 5.32 Å². The van der Waals surface area contributed by atoms with Crippen LogP contribution in [0.1, 0.15) is 41.2 Å². The van der Waals surface area contributed by atoms with Crippen LogP contribution >= 0.6 is 11.3 Å². The molecule has 3 amide bonds. The third-order valence-corrected chi connectivity index (χ3v) is 5.66. The number of rotatable bonds is 4. The maximum atomic E-state index is 12.6. The van der Waals surface area contributed by atoms with Gasteiger partial charge in [0.05, 0.1) is 4.88 Å². The van der Waals surface area contributed by atoms with Gasteiger partial charge in [-0.2, -0.15) is 0 Å². The molecule has 3 heterocycles. The second-order valence-electron chi connectivity index (χ2n) is 6.81. The molecule has 0 aromatic carbocycles. The van der Waals surface area contributed by atoms with Crippen molar-refractivity contribution < 1.29 is 9.59 Å². The fraction of sp³-hybridized carbons (Fsp3) is 0.647. The van der Waals surface area contributed by atoms with Gasteiger partial charge >= 0.3 is 6.03 Å². The lowest BCUT2D eigenvalue weighted by atomic mass is 10.0. The van der Waals surface area contributed by atoms with Crippen molar-refractivity contribution >= 4 is 23.3 Å². The van der Waals surface area contributed by atoms with Crippen LogP contribution in [-0.4, -0.2) is 54.0 Å². The standard InChI is InChI=1S/C17H25N3O2S/c1-12(2)11-14-3-4-15(23-14)16(21)19-8-5-13(6-9-19)20-10-7-18-17(20)22/h3-4,12-13H,5-11H2,1-2H3,(H,18,22). The number of hydrogen-bond donors (Lipinski definition) is 1. The first-order valence-electron chi connectivity index (χ1n) is 8.47. The summed E-state index contributed by atoms with van der Waals surface area (Å²) in [5.41, 5.74) is 0. The number of nitrogens with one attached hydrogen (secondary N) is 1. The molecule has 126 valence electrons. The summed E-state index contributed by atoms with van der Waals surface area (Å²) in [6, 6.07) is 4.37. The van der Waals surface area contributed by atoms with Crippen molar-refractivity contribution in [2.75, 3.05) is 26.2 Å². The highest BCUT2D eigenvalue weighted by Gasteiger charge is 2.32. The van der Waals surface area contributed by atoms with Crippen LogP contribution in [0.2, 0.25) is 0 Å². The highest BCUT2D eigenvalue weighted by Crippen LogP contribution is 2.24. The zero-order chi connectivity index (χ0) is 16.4. The van der Waals surface area contributed by atoms with Gasteiger partial charge in [0, 0.05) is 37.1 Å². The Balaban J connectivity index is 1.55. The first kappa shape index (κ1) is 16.3. The molecular formula is C17H25N3O2S. The minimum Gasteiger partial charge on any atom is -0.338 e. The van der Waals surface area contributed by atoms with Crippen molar-refractivity contribution in [2.24, 2.45) is 5.92 Å². The Kier molecular flexibility index (Phi) is 4.90.